The number of aryl methyl sites for hydroxylation is 2. The summed E-state index contributed by atoms with van der Waals surface area (Å²) in [5.74, 6) is 0. The molecule has 96 valence electrons. The third-order valence-electron chi connectivity index (χ3n) is 2.31. The minimum Gasteiger partial charge on any atom is -0.336 e. The predicted octanol–water partition coefficient (Wildman–Crippen LogP) is 1.60. The topological polar surface area (TPSA) is 59.0 Å². The van der Waals surface area contributed by atoms with Gasteiger partial charge in [-0.1, -0.05) is 0 Å². The maximum Gasteiger partial charge on any atom is 0.315 e. The summed E-state index contributed by atoms with van der Waals surface area (Å²) < 4.78 is 1.85. The average Bonchev–Trinajstić information content (AvgIpc) is 2.43. The number of aromatic nitrogens is 2. The van der Waals surface area contributed by atoms with Crippen LogP contribution in [0.4, 0.5) is 4.79 Å². The number of carbonyl (C=O) groups is 1. The van der Waals surface area contributed by atoms with Crippen LogP contribution in [0.3, 0.4) is 0 Å². The highest BCUT2D eigenvalue weighted by Gasteiger charge is 2.12. The molecule has 0 atom stereocenters. The number of hydrogen-bond donors (Lipinski definition) is 2. The first kappa shape index (κ1) is 13.5. The van der Waals surface area contributed by atoms with Crippen molar-refractivity contribution >= 4 is 6.03 Å². The zero-order chi connectivity index (χ0) is 13.1. The minimum absolute atomic E-state index is 0.141. The van der Waals surface area contributed by atoms with Gasteiger partial charge in [-0.3, -0.25) is 4.68 Å². The standard InChI is InChI=1S/C12H22N4O/c1-9-8-16(15-10(9)2)7-6-13-11(17)14-12(3,4)5/h8H,6-7H2,1-5H3,(H2,13,14,17). The van der Waals surface area contributed by atoms with E-state index < -0.39 is 0 Å². The lowest BCUT2D eigenvalue weighted by Gasteiger charge is -2.20. The van der Waals surface area contributed by atoms with Crippen molar-refractivity contribution in [1.29, 1.82) is 0 Å². The molecule has 0 spiro atoms. The van der Waals surface area contributed by atoms with Crippen LogP contribution in [0.2, 0.25) is 0 Å². The van der Waals surface area contributed by atoms with Crippen molar-refractivity contribution in [3.05, 3.63) is 17.5 Å². The van der Waals surface area contributed by atoms with Gasteiger partial charge in [0.25, 0.3) is 0 Å². The van der Waals surface area contributed by atoms with E-state index in [9.17, 15) is 4.79 Å². The Morgan fingerprint density at radius 1 is 1.41 bits per heavy atom. The monoisotopic (exact) mass is 238 g/mol. The molecule has 1 rings (SSSR count). The fourth-order valence-corrected chi connectivity index (χ4v) is 1.40. The van der Waals surface area contributed by atoms with E-state index in [0.29, 0.717) is 13.1 Å². The van der Waals surface area contributed by atoms with Crippen LogP contribution in [0.1, 0.15) is 32.0 Å². The van der Waals surface area contributed by atoms with Gasteiger partial charge in [0.2, 0.25) is 0 Å². The molecule has 17 heavy (non-hydrogen) atoms. The second kappa shape index (κ2) is 5.21. The molecule has 0 aliphatic heterocycles. The van der Waals surface area contributed by atoms with E-state index >= 15 is 0 Å². The molecule has 2 amide bonds. The highest BCUT2D eigenvalue weighted by molar-refractivity contribution is 5.74. The summed E-state index contributed by atoms with van der Waals surface area (Å²) in [6, 6.07) is -0.141. The number of nitrogens with zero attached hydrogens (tertiary/aromatic N) is 2. The molecular formula is C12H22N4O. The van der Waals surface area contributed by atoms with Gasteiger partial charge in [0.1, 0.15) is 0 Å². The first-order valence-electron chi connectivity index (χ1n) is 5.84. The molecular weight excluding hydrogens is 216 g/mol. The van der Waals surface area contributed by atoms with Crippen LogP contribution >= 0.6 is 0 Å². The number of carbonyl (C=O) groups excluding carboxylic acids is 1. The number of hydrogen-bond acceptors (Lipinski definition) is 2. The van der Waals surface area contributed by atoms with Gasteiger partial charge in [0.05, 0.1) is 12.2 Å². The smallest absolute Gasteiger partial charge is 0.315 e. The van der Waals surface area contributed by atoms with Crippen molar-refractivity contribution in [2.75, 3.05) is 6.54 Å². The maximum absolute atomic E-state index is 11.5. The van der Waals surface area contributed by atoms with E-state index in [1.54, 1.807) is 0 Å². The van der Waals surface area contributed by atoms with Gasteiger partial charge in [-0.15, -0.1) is 0 Å². The lowest BCUT2D eigenvalue weighted by molar-refractivity contribution is 0.231. The summed E-state index contributed by atoms with van der Waals surface area (Å²) in [5.41, 5.74) is 2.00. The van der Waals surface area contributed by atoms with Crippen LogP contribution in [0.5, 0.6) is 0 Å². The molecule has 0 aromatic carbocycles. The zero-order valence-corrected chi connectivity index (χ0v) is 11.3. The van der Waals surface area contributed by atoms with Crippen LogP contribution in [-0.2, 0) is 6.54 Å². The van der Waals surface area contributed by atoms with Crippen LogP contribution in [0.25, 0.3) is 0 Å². The van der Waals surface area contributed by atoms with Crippen LogP contribution in [-0.4, -0.2) is 27.9 Å². The van der Waals surface area contributed by atoms with Gasteiger partial charge in [0.15, 0.2) is 0 Å². The van der Waals surface area contributed by atoms with E-state index in [1.165, 1.54) is 5.56 Å². The molecule has 0 aliphatic carbocycles. The second-order valence-corrected chi connectivity index (χ2v) is 5.29. The van der Waals surface area contributed by atoms with Crippen LogP contribution in [0.15, 0.2) is 6.20 Å². The van der Waals surface area contributed by atoms with E-state index in [0.717, 1.165) is 5.69 Å². The summed E-state index contributed by atoms with van der Waals surface area (Å²) in [4.78, 5) is 11.5. The Bertz CT molecular complexity index is 370. The van der Waals surface area contributed by atoms with E-state index in [4.69, 9.17) is 0 Å². The van der Waals surface area contributed by atoms with Crippen LogP contribution < -0.4 is 10.6 Å². The molecule has 5 nitrogen and oxygen atoms in total. The SMILES string of the molecule is Cc1cn(CCNC(=O)NC(C)(C)C)nc1C. The van der Waals surface area contributed by atoms with E-state index in [-0.39, 0.29) is 11.6 Å². The normalized spacial score (nSPS) is 11.4. The lowest BCUT2D eigenvalue weighted by atomic mass is 10.1. The van der Waals surface area contributed by atoms with Gasteiger partial charge >= 0.3 is 6.03 Å². The summed E-state index contributed by atoms with van der Waals surface area (Å²) in [6.07, 6.45) is 1.98. The number of rotatable bonds is 3. The summed E-state index contributed by atoms with van der Waals surface area (Å²) in [7, 11) is 0. The summed E-state index contributed by atoms with van der Waals surface area (Å²) >= 11 is 0. The minimum atomic E-state index is -0.205. The third kappa shape index (κ3) is 4.89. The van der Waals surface area contributed by atoms with Crippen molar-refractivity contribution in [1.82, 2.24) is 20.4 Å². The Kier molecular flexibility index (Phi) is 4.15. The Labute approximate surface area is 103 Å². The Morgan fingerprint density at radius 3 is 2.53 bits per heavy atom. The largest absolute Gasteiger partial charge is 0.336 e. The van der Waals surface area contributed by atoms with Crippen molar-refractivity contribution in [3.8, 4) is 0 Å². The van der Waals surface area contributed by atoms with Gasteiger partial charge in [-0.2, -0.15) is 5.10 Å². The first-order valence-corrected chi connectivity index (χ1v) is 5.84. The molecule has 1 heterocycles. The van der Waals surface area contributed by atoms with Crippen molar-refractivity contribution in [3.63, 3.8) is 0 Å². The molecule has 0 saturated heterocycles. The van der Waals surface area contributed by atoms with Gasteiger partial charge in [0, 0.05) is 18.3 Å². The van der Waals surface area contributed by atoms with E-state index in [1.807, 2.05) is 45.5 Å². The van der Waals surface area contributed by atoms with Crippen molar-refractivity contribution in [2.24, 2.45) is 0 Å². The molecule has 2 N–H and O–H groups in total. The molecule has 1 aromatic rings. The summed E-state index contributed by atoms with van der Waals surface area (Å²) in [5, 5.41) is 9.97. The molecule has 5 heteroatoms. The highest BCUT2D eigenvalue weighted by Crippen LogP contribution is 2.02. The number of amides is 2. The predicted molar refractivity (Wildman–Crippen MR) is 68.0 cm³/mol. The van der Waals surface area contributed by atoms with Crippen molar-refractivity contribution < 1.29 is 4.79 Å². The van der Waals surface area contributed by atoms with Crippen molar-refractivity contribution in [2.45, 2.75) is 46.7 Å². The maximum atomic E-state index is 11.5. The number of urea groups is 1. The number of nitrogens with one attached hydrogen (secondary N) is 2. The Hall–Kier alpha value is -1.52. The average molecular weight is 238 g/mol. The molecule has 0 saturated carbocycles. The summed E-state index contributed by atoms with van der Waals surface area (Å²) in [6.45, 7) is 11.1. The molecule has 0 fully saturated rings. The fourth-order valence-electron chi connectivity index (χ4n) is 1.40. The third-order valence-corrected chi connectivity index (χ3v) is 2.31. The second-order valence-electron chi connectivity index (χ2n) is 5.29. The molecule has 0 bridgehead atoms. The highest BCUT2D eigenvalue weighted by atomic mass is 16.2. The van der Waals surface area contributed by atoms with Crippen LogP contribution in [0, 0.1) is 13.8 Å². The molecule has 0 aliphatic rings. The lowest BCUT2D eigenvalue weighted by Crippen LogP contribution is -2.47. The molecule has 0 unspecified atom stereocenters. The van der Waals surface area contributed by atoms with Gasteiger partial charge in [-0.05, 0) is 40.2 Å². The fraction of sp³-hybridized carbons (Fsp3) is 0.667. The Morgan fingerprint density at radius 2 is 2.06 bits per heavy atom. The first-order chi connectivity index (χ1) is 7.78. The van der Waals surface area contributed by atoms with Gasteiger partial charge in [-0.25, -0.2) is 4.79 Å². The molecule has 1 aromatic heterocycles. The van der Waals surface area contributed by atoms with E-state index in [2.05, 4.69) is 15.7 Å². The Balaban J connectivity index is 2.31. The quantitative estimate of drug-likeness (QED) is 0.840. The zero-order valence-electron chi connectivity index (χ0n) is 11.3. The molecule has 0 radical (unpaired) electrons. The van der Waals surface area contributed by atoms with Gasteiger partial charge < -0.3 is 10.6 Å².